The minimum absolute atomic E-state index is 0.158. The van der Waals surface area contributed by atoms with E-state index in [9.17, 15) is 9.59 Å². The van der Waals surface area contributed by atoms with Gasteiger partial charge in [0.15, 0.2) is 5.78 Å². The topological polar surface area (TPSA) is 54.4 Å². The van der Waals surface area contributed by atoms with Crippen molar-refractivity contribution >= 4 is 11.8 Å². The van der Waals surface area contributed by atoms with Crippen LogP contribution in [-0.2, 0) is 11.2 Å². The zero-order chi connectivity index (χ0) is 15.5. The lowest BCUT2D eigenvalue weighted by atomic mass is 9.95. The second-order valence-corrected chi connectivity index (χ2v) is 5.43. The lowest BCUT2D eigenvalue weighted by Crippen LogP contribution is -2.06. The van der Waals surface area contributed by atoms with Crippen LogP contribution in [0.15, 0.2) is 60.2 Å². The number of allylic oxidation sites excluding steroid dienone is 1. The Morgan fingerprint density at radius 2 is 1.77 bits per heavy atom. The van der Waals surface area contributed by atoms with E-state index >= 15 is 0 Å². The van der Waals surface area contributed by atoms with Gasteiger partial charge in [-0.15, -0.1) is 0 Å². The van der Waals surface area contributed by atoms with Crippen molar-refractivity contribution in [3.05, 3.63) is 71.3 Å². The normalized spacial score (nSPS) is 16.2. The molecule has 3 heteroatoms. The van der Waals surface area contributed by atoms with Gasteiger partial charge in [0.1, 0.15) is 0 Å². The summed E-state index contributed by atoms with van der Waals surface area (Å²) in [6, 6.07) is 15.8. The van der Waals surface area contributed by atoms with Crippen LogP contribution in [0.5, 0.6) is 0 Å². The Labute approximate surface area is 128 Å². The van der Waals surface area contributed by atoms with Crippen LogP contribution in [0.2, 0.25) is 0 Å². The van der Waals surface area contributed by atoms with Crippen molar-refractivity contribution in [1.29, 1.82) is 0 Å². The molecule has 0 heterocycles. The molecule has 0 unspecified atom stereocenters. The molecule has 2 aromatic rings. The Bertz CT molecular complexity index is 758. The molecule has 0 fully saturated rings. The van der Waals surface area contributed by atoms with E-state index in [0.717, 1.165) is 35.6 Å². The summed E-state index contributed by atoms with van der Waals surface area (Å²) in [5.41, 5.74) is 4.21. The maximum atomic E-state index is 12.5. The molecular formula is C19H16O3. The van der Waals surface area contributed by atoms with Crippen molar-refractivity contribution in [3.8, 4) is 11.1 Å². The number of ketones is 1. The molecule has 0 aromatic heterocycles. The van der Waals surface area contributed by atoms with Crippen molar-refractivity contribution in [2.45, 2.75) is 19.3 Å². The maximum Gasteiger partial charge on any atom is 0.328 e. The van der Waals surface area contributed by atoms with Crippen LogP contribution < -0.4 is 0 Å². The summed E-state index contributed by atoms with van der Waals surface area (Å²) < 4.78 is 0. The number of carboxylic acid groups (broad SMARTS) is 1. The van der Waals surface area contributed by atoms with Gasteiger partial charge >= 0.3 is 5.97 Å². The van der Waals surface area contributed by atoms with Gasteiger partial charge in [0.2, 0.25) is 0 Å². The van der Waals surface area contributed by atoms with E-state index in [0.29, 0.717) is 17.6 Å². The number of hydrogen-bond donors (Lipinski definition) is 1. The number of hydrogen-bond acceptors (Lipinski definition) is 2. The first kappa shape index (κ1) is 14.3. The third-order valence-corrected chi connectivity index (χ3v) is 3.94. The van der Waals surface area contributed by atoms with Gasteiger partial charge in [-0.2, -0.15) is 0 Å². The number of benzene rings is 2. The minimum atomic E-state index is -1.06. The van der Waals surface area contributed by atoms with Gasteiger partial charge in [0.05, 0.1) is 0 Å². The molecule has 0 radical (unpaired) electrons. The van der Waals surface area contributed by atoms with Crippen LogP contribution >= 0.6 is 0 Å². The Hall–Kier alpha value is -2.68. The Balaban J connectivity index is 2.02. The number of carbonyl (C=O) groups excluding carboxylic acids is 1. The van der Waals surface area contributed by atoms with Crippen LogP contribution in [-0.4, -0.2) is 16.9 Å². The molecule has 1 aliphatic carbocycles. The van der Waals surface area contributed by atoms with E-state index in [4.69, 9.17) is 5.11 Å². The highest BCUT2D eigenvalue weighted by molar-refractivity contribution is 6.12. The number of rotatable bonds is 2. The fraction of sp³-hybridized carbons (Fsp3) is 0.158. The van der Waals surface area contributed by atoms with Crippen molar-refractivity contribution in [3.63, 3.8) is 0 Å². The first-order chi connectivity index (χ1) is 10.6. The van der Waals surface area contributed by atoms with Gasteiger partial charge in [-0.05, 0) is 36.0 Å². The van der Waals surface area contributed by atoms with E-state index in [1.54, 1.807) is 0 Å². The SMILES string of the molecule is O=C(O)/C=C1\CCCc2cc(-c3ccccc3)ccc2C1=O. The van der Waals surface area contributed by atoms with E-state index in [1.165, 1.54) is 0 Å². The van der Waals surface area contributed by atoms with Crippen LogP contribution in [0.1, 0.15) is 28.8 Å². The quantitative estimate of drug-likeness (QED) is 0.675. The zero-order valence-electron chi connectivity index (χ0n) is 12.1. The highest BCUT2D eigenvalue weighted by atomic mass is 16.4. The van der Waals surface area contributed by atoms with Gasteiger partial charge in [-0.25, -0.2) is 4.79 Å². The number of Topliss-reactive ketones (excluding diaryl/α,β-unsaturated/α-hetero) is 1. The molecule has 110 valence electrons. The van der Waals surface area contributed by atoms with Crippen molar-refractivity contribution in [2.24, 2.45) is 0 Å². The highest BCUT2D eigenvalue weighted by Crippen LogP contribution is 2.28. The monoisotopic (exact) mass is 292 g/mol. The summed E-state index contributed by atoms with van der Waals surface area (Å²) >= 11 is 0. The molecule has 1 N–H and O–H groups in total. The van der Waals surface area contributed by atoms with Gasteiger partial charge in [0, 0.05) is 17.2 Å². The average Bonchev–Trinajstić information content (AvgIpc) is 2.67. The summed E-state index contributed by atoms with van der Waals surface area (Å²) in [5, 5.41) is 8.89. The molecule has 3 rings (SSSR count). The Kier molecular flexibility index (Phi) is 3.88. The third kappa shape index (κ3) is 2.84. The average molecular weight is 292 g/mol. The first-order valence-corrected chi connectivity index (χ1v) is 7.32. The summed E-state index contributed by atoms with van der Waals surface area (Å²) in [7, 11) is 0. The van der Waals surface area contributed by atoms with Crippen LogP contribution in [0.4, 0.5) is 0 Å². The molecule has 0 bridgehead atoms. The number of fused-ring (bicyclic) bond motifs is 1. The molecular weight excluding hydrogens is 276 g/mol. The van der Waals surface area contributed by atoms with Crippen molar-refractivity contribution in [2.75, 3.05) is 0 Å². The molecule has 0 spiro atoms. The largest absolute Gasteiger partial charge is 0.478 e. The van der Waals surface area contributed by atoms with Crippen LogP contribution in [0, 0.1) is 0 Å². The zero-order valence-corrected chi connectivity index (χ0v) is 12.1. The van der Waals surface area contributed by atoms with E-state index in [2.05, 4.69) is 0 Å². The predicted molar refractivity (Wildman–Crippen MR) is 84.9 cm³/mol. The molecule has 2 aromatic carbocycles. The van der Waals surface area contributed by atoms with Gasteiger partial charge in [-0.1, -0.05) is 48.5 Å². The maximum absolute atomic E-state index is 12.5. The molecule has 0 atom stereocenters. The van der Waals surface area contributed by atoms with Crippen LogP contribution in [0.25, 0.3) is 11.1 Å². The fourth-order valence-corrected chi connectivity index (χ4v) is 2.87. The molecule has 0 saturated heterocycles. The minimum Gasteiger partial charge on any atom is -0.478 e. The smallest absolute Gasteiger partial charge is 0.328 e. The predicted octanol–water partition coefficient (Wildman–Crippen LogP) is 3.88. The first-order valence-electron chi connectivity index (χ1n) is 7.32. The molecule has 0 amide bonds. The fourth-order valence-electron chi connectivity index (χ4n) is 2.87. The lowest BCUT2D eigenvalue weighted by Gasteiger charge is -2.08. The van der Waals surface area contributed by atoms with Gasteiger partial charge in [0.25, 0.3) is 0 Å². The van der Waals surface area contributed by atoms with Gasteiger partial charge < -0.3 is 5.11 Å². The number of carbonyl (C=O) groups is 2. The molecule has 0 aliphatic heterocycles. The summed E-state index contributed by atoms with van der Waals surface area (Å²) in [5.74, 6) is -1.22. The molecule has 0 saturated carbocycles. The molecule has 3 nitrogen and oxygen atoms in total. The van der Waals surface area contributed by atoms with E-state index in [1.807, 2.05) is 48.5 Å². The number of carboxylic acids is 1. The molecule has 1 aliphatic rings. The van der Waals surface area contributed by atoms with Crippen molar-refractivity contribution in [1.82, 2.24) is 0 Å². The number of aryl methyl sites for hydroxylation is 1. The van der Waals surface area contributed by atoms with Crippen LogP contribution in [0.3, 0.4) is 0 Å². The molecule has 22 heavy (non-hydrogen) atoms. The summed E-state index contributed by atoms with van der Waals surface area (Å²) in [4.78, 5) is 23.3. The highest BCUT2D eigenvalue weighted by Gasteiger charge is 2.21. The van der Waals surface area contributed by atoms with E-state index < -0.39 is 5.97 Å². The standard InChI is InChI=1S/C19H16O3/c20-18(21)12-16-8-4-7-15-11-14(9-10-17(15)19(16)22)13-5-2-1-3-6-13/h1-3,5-6,9-12H,4,7-8H2,(H,20,21)/b16-12+. The second-order valence-electron chi connectivity index (χ2n) is 5.43. The second kappa shape index (κ2) is 5.98. The summed E-state index contributed by atoms with van der Waals surface area (Å²) in [6.45, 7) is 0. The third-order valence-electron chi connectivity index (χ3n) is 3.94. The van der Waals surface area contributed by atoms with Crippen molar-refractivity contribution < 1.29 is 14.7 Å². The Morgan fingerprint density at radius 1 is 1.00 bits per heavy atom. The van der Waals surface area contributed by atoms with E-state index in [-0.39, 0.29) is 5.78 Å². The lowest BCUT2D eigenvalue weighted by molar-refractivity contribution is -0.131. The Morgan fingerprint density at radius 3 is 2.50 bits per heavy atom. The summed E-state index contributed by atoms with van der Waals surface area (Å²) in [6.07, 6.45) is 3.14. The van der Waals surface area contributed by atoms with Gasteiger partial charge in [-0.3, -0.25) is 4.79 Å². The number of aliphatic carboxylic acids is 1.